The first-order valence-electron chi connectivity index (χ1n) is 41.0. The number of aliphatic hydroxyl groups excluding tert-OH is 1. The van der Waals surface area contributed by atoms with Crippen LogP contribution in [0.15, 0.2) is 0 Å². The molecule has 0 rings (SSSR count). The summed E-state index contributed by atoms with van der Waals surface area (Å²) in [6.07, 6.45) is 59.4. The van der Waals surface area contributed by atoms with Crippen LogP contribution in [-0.4, -0.2) is 96.7 Å². The summed E-state index contributed by atoms with van der Waals surface area (Å²) in [5, 5.41) is 10.6. The Kier molecular flexibility index (Phi) is 69.3. The van der Waals surface area contributed by atoms with Gasteiger partial charge in [0.05, 0.1) is 26.4 Å². The molecule has 0 fully saturated rings. The summed E-state index contributed by atoms with van der Waals surface area (Å²) < 4.78 is 68.7. The Balaban J connectivity index is 5.27. The van der Waals surface area contributed by atoms with E-state index in [0.29, 0.717) is 25.7 Å². The van der Waals surface area contributed by atoms with Gasteiger partial charge in [0, 0.05) is 25.7 Å². The number of aliphatic hydroxyl groups is 1. The van der Waals surface area contributed by atoms with Crippen LogP contribution in [0.3, 0.4) is 0 Å². The highest BCUT2D eigenvalue weighted by molar-refractivity contribution is 7.47. The van der Waals surface area contributed by atoms with E-state index >= 15 is 0 Å². The van der Waals surface area contributed by atoms with Gasteiger partial charge in [0.25, 0.3) is 0 Å². The lowest BCUT2D eigenvalue weighted by atomic mass is 9.99. The van der Waals surface area contributed by atoms with Crippen molar-refractivity contribution in [1.29, 1.82) is 0 Å². The second-order valence-electron chi connectivity index (χ2n) is 29.2. The molecule has 3 N–H and O–H groups in total. The molecule has 0 spiro atoms. The van der Waals surface area contributed by atoms with Gasteiger partial charge in [-0.25, -0.2) is 9.13 Å². The Morgan fingerprint density at radius 2 is 0.520 bits per heavy atom. The van der Waals surface area contributed by atoms with Gasteiger partial charge in [-0.15, -0.1) is 0 Å². The zero-order valence-electron chi connectivity index (χ0n) is 64.1. The number of carbonyl (C=O) groups excluding carboxylic acids is 4. The molecule has 0 aliphatic rings. The number of carbonyl (C=O) groups is 4. The third-order valence-electron chi connectivity index (χ3n) is 18.8. The summed E-state index contributed by atoms with van der Waals surface area (Å²) in [5.41, 5.74) is 0. The van der Waals surface area contributed by atoms with E-state index in [-0.39, 0.29) is 25.7 Å². The summed E-state index contributed by atoms with van der Waals surface area (Å²) in [7, 11) is -9.92. The average molecular weight is 1440 g/mol. The lowest BCUT2D eigenvalue weighted by Gasteiger charge is -2.21. The van der Waals surface area contributed by atoms with Crippen LogP contribution < -0.4 is 0 Å². The molecule has 3 unspecified atom stereocenters. The van der Waals surface area contributed by atoms with Crippen LogP contribution in [-0.2, 0) is 65.4 Å². The lowest BCUT2D eigenvalue weighted by Crippen LogP contribution is -2.30. The van der Waals surface area contributed by atoms with Crippen molar-refractivity contribution < 1.29 is 80.2 Å². The maximum absolute atomic E-state index is 13.1. The van der Waals surface area contributed by atoms with Gasteiger partial charge < -0.3 is 33.8 Å². The van der Waals surface area contributed by atoms with Crippen molar-refractivity contribution in [3.8, 4) is 0 Å². The minimum Gasteiger partial charge on any atom is -0.462 e. The Labute approximate surface area is 600 Å². The third-order valence-corrected chi connectivity index (χ3v) is 20.7. The quantitative estimate of drug-likeness (QED) is 0.0222. The SMILES string of the molecule is CCCCCCCCCCCCCCCCCCCC(=O)O[C@H](COC(=O)CCCCCCCCCCCCCCC(C)C)COP(=O)(O)OC[C@@H](O)COP(=O)(O)OC[C@@H](COC(=O)CCCCCCCCCCC(C)CC)OC(=O)CCCCCCCCCCCCCCCC. The highest BCUT2D eigenvalue weighted by Gasteiger charge is 2.30. The number of phosphoric ester groups is 2. The highest BCUT2D eigenvalue weighted by atomic mass is 31.2. The Morgan fingerprint density at radius 3 is 0.776 bits per heavy atom. The number of ether oxygens (including phenoxy) is 4. The van der Waals surface area contributed by atoms with E-state index in [0.717, 1.165) is 102 Å². The molecule has 0 saturated heterocycles. The van der Waals surface area contributed by atoms with Gasteiger partial charge in [0.1, 0.15) is 19.3 Å². The molecule has 98 heavy (non-hydrogen) atoms. The van der Waals surface area contributed by atoms with Gasteiger partial charge in [-0.3, -0.25) is 37.3 Å². The number of phosphoric acid groups is 2. The summed E-state index contributed by atoms with van der Waals surface area (Å²) >= 11 is 0. The maximum Gasteiger partial charge on any atom is 0.472 e. The van der Waals surface area contributed by atoms with Gasteiger partial charge in [-0.05, 0) is 37.5 Å². The van der Waals surface area contributed by atoms with Crippen LogP contribution >= 0.6 is 15.6 Å². The summed E-state index contributed by atoms with van der Waals surface area (Å²) in [6.45, 7) is 9.64. The van der Waals surface area contributed by atoms with Crippen LogP contribution in [0.25, 0.3) is 0 Å². The van der Waals surface area contributed by atoms with Crippen LogP contribution in [0.4, 0.5) is 0 Å². The molecule has 0 aliphatic heterocycles. The second-order valence-corrected chi connectivity index (χ2v) is 32.1. The molecule has 0 heterocycles. The van der Waals surface area contributed by atoms with E-state index in [1.54, 1.807) is 0 Å². The molecule has 0 aromatic rings. The van der Waals surface area contributed by atoms with Gasteiger partial charge >= 0.3 is 39.5 Å². The Bertz CT molecular complexity index is 1890. The summed E-state index contributed by atoms with van der Waals surface area (Å²) in [5.74, 6) is -0.549. The van der Waals surface area contributed by atoms with Crippen molar-refractivity contribution in [2.45, 2.75) is 432 Å². The van der Waals surface area contributed by atoms with E-state index < -0.39 is 97.5 Å². The fraction of sp³-hybridized carbons (Fsp3) is 0.949. The molecule has 0 saturated carbocycles. The minimum atomic E-state index is -4.96. The number of unbranched alkanes of at least 4 members (excludes halogenated alkanes) is 47. The fourth-order valence-electron chi connectivity index (χ4n) is 12.2. The van der Waals surface area contributed by atoms with Crippen LogP contribution in [0.1, 0.15) is 414 Å². The first-order chi connectivity index (χ1) is 47.4. The van der Waals surface area contributed by atoms with Crippen molar-refractivity contribution in [2.75, 3.05) is 39.6 Å². The molecule has 19 heteroatoms. The van der Waals surface area contributed by atoms with Gasteiger partial charge in [0.15, 0.2) is 12.2 Å². The maximum atomic E-state index is 13.1. The number of esters is 4. The molecular weight excluding hydrogens is 1280 g/mol. The van der Waals surface area contributed by atoms with Crippen LogP contribution in [0, 0.1) is 11.8 Å². The molecule has 0 amide bonds. The van der Waals surface area contributed by atoms with Crippen molar-refractivity contribution in [2.24, 2.45) is 11.8 Å². The summed E-state index contributed by atoms with van der Waals surface area (Å²) in [4.78, 5) is 73.0. The number of hydrogen-bond acceptors (Lipinski definition) is 15. The monoisotopic (exact) mass is 1440 g/mol. The third kappa shape index (κ3) is 71.1. The predicted octanol–water partition coefficient (Wildman–Crippen LogP) is 23.5. The molecule has 0 aliphatic carbocycles. The molecule has 0 bridgehead atoms. The zero-order valence-corrected chi connectivity index (χ0v) is 65.9. The normalized spacial score (nSPS) is 14.2. The molecule has 582 valence electrons. The molecule has 6 atom stereocenters. The molecule has 0 aromatic heterocycles. The average Bonchev–Trinajstić information content (AvgIpc) is 1.39. The van der Waals surface area contributed by atoms with Gasteiger partial charge in [0.2, 0.25) is 0 Å². The van der Waals surface area contributed by atoms with E-state index in [4.69, 9.17) is 37.0 Å². The Hall–Kier alpha value is -1.94. The first kappa shape index (κ1) is 96.1. The van der Waals surface area contributed by atoms with Crippen molar-refractivity contribution in [1.82, 2.24) is 0 Å². The standard InChI is InChI=1S/C79H154O17P2/c1-7-10-12-14-16-18-20-22-24-25-26-28-34-38-46-52-58-64-79(84)95-74(67-89-76(81)61-55-49-43-36-32-30-29-31-35-41-47-53-59-71(4)5)69-93-97(85,86)91-65-73(80)66-92-98(87,88)94-70-75(68-90-77(82)62-56-50-44-40-39-42-48-54-60-72(6)9-3)96-78(83)63-57-51-45-37-33-27-23-21-19-17-15-13-11-8-2/h71-75,80H,7-70H2,1-6H3,(H,85,86)(H,87,88)/t72?,73-,74-,75-/m1/s1. The Morgan fingerprint density at radius 1 is 0.296 bits per heavy atom. The van der Waals surface area contributed by atoms with E-state index in [2.05, 4.69) is 41.5 Å². The van der Waals surface area contributed by atoms with Crippen LogP contribution in [0.2, 0.25) is 0 Å². The fourth-order valence-corrected chi connectivity index (χ4v) is 13.7. The van der Waals surface area contributed by atoms with Crippen molar-refractivity contribution in [3.63, 3.8) is 0 Å². The van der Waals surface area contributed by atoms with Crippen molar-refractivity contribution in [3.05, 3.63) is 0 Å². The smallest absolute Gasteiger partial charge is 0.462 e. The van der Waals surface area contributed by atoms with E-state index in [9.17, 15) is 43.2 Å². The zero-order chi connectivity index (χ0) is 72.1. The van der Waals surface area contributed by atoms with Crippen molar-refractivity contribution >= 4 is 39.5 Å². The topological polar surface area (TPSA) is 237 Å². The largest absolute Gasteiger partial charge is 0.472 e. The highest BCUT2D eigenvalue weighted by Crippen LogP contribution is 2.45. The lowest BCUT2D eigenvalue weighted by molar-refractivity contribution is -0.161. The number of rotatable bonds is 78. The molecule has 0 radical (unpaired) electrons. The minimum absolute atomic E-state index is 0.108. The van der Waals surface area contributed by atoms with Gasteiger partial charge in [-0.2, -0.15) is 0 Å². The van der Waals surface area contributed by atoms with Gasteiger partial charge in [-0.1, -0.05) is 363 Å². The van der Waals surface area contributed by atoms with E-state index in [1.165, 1.54) is 231 Å². The number of hydrogen-bond donors (Lipinski definition) is 3. The molecular formula is C79H154O17P2. The second kappa shape index (κ2) is 70.7. The molecule has 17 nitrogen and oxygen atoms in total. The van der Waals surface area contributed by atoms with Crippen LogP contribution in [0.5, 0.6) is 0 Å². The molecule has 0 aromatic carbocycles. The van der Waals surface area contributed by atoms with E-state index in [1.807, 2.05) is 0 Å². The predicted molar refractivity (Wildman–Crippen MR) is 400 cm³/mol. The summed E-state index contributed by atoms with van der Waals surface area (Å²) in [6, 6.07) is 0. The first-order valence-corrected chi connectivity index (χ1v) is 44.0.